The number of carboxylic acids is 1. The second-order valence-electron chi connectivity index (χ2n) is 3.87. The van der Waals surface area contributed by atoms with Crippen LogP contribution in [0.3, 0.4) is 0 Å². The number of allylic oxidation sites excluding steroid dienone is 3. The molecular weight excluding hydrogens is 228 g/mol. The summed E-state index contributed by atoms with van der Waals surface area (Å²) >= 11 is 0. The van der Waals surface area contributed by atoms with E-state index in [0.717, 1.165) is 35.8 Å². The first-order chi connectivity index (χ1) is 8.67. The van der Waals surface area contributed by atoms with Crippen LogP contribution in [-0.4, -0.2) is 18.2 Å². The molecule has 0 unspecified atom stereocenters. The molecule has 0 aliphatic heterocycles. The first kappa shape index (κ1) is 14.0. The standard InChI is InChI=1S/C15H18O3/c1-3-5-12(6-4-7-15(16)17)13-8-10-14(18-2)11-9-13/h4,6-11H,3,5H2,1-2H3,(H,16,17)/b7-4+,12-6+. The van der Waals surface area contributed by atoms with Gasteiger partial charge in [0.15, 0.2) is 0 Å². The van der Waals surface area contributed by atoms with Crippen LogP contribution in [-0.2, 0) is 4.79 Å². The number of ether oxygens (including phenoxy) is 1. The van der Waals surface area contributed by atoms with Crippen LogP contribution in [0.5, 0.6) is 5.75 Å². The van der Waals surface area contributed by atoms with Crippen molar-refractivity contribution in [2.45, 2.75) is 19.8 Å². The van der Waals surface area contributed by atoms with E-state index in [1.807, 2.05) is 30.3 Å². The quantitative estimate of drug-likeness (QED) is 0.617. The Morgan fingerprint density at radius 2 is 2.00 bits per heavy atom. The van der Waals surface area contributed by atoms with Gasteiger partial charge in [-0.25, -0.2) is 4.79 Å². The molecule has 0 saturated carbocycles. The van der Waals surface area contributed by atoms with Crippen LogP contribution in [0.25, 0.3) is 5.57 Å². The molecule has 0 heterocycles. The normalized spacial score (nSPS) is 11.8. The number of rotatable bonds is 6. The predicted molar refractivity (Wildman–Crippen MR) is 72.7 cm³/mol. The molecule has 0 radical (unpaired) electrons. The fourth-order valence-electron chi connectivity index (χ4n) is 1.64. The van der Waals surface area contributed by atoms with Crippen LogP contribution in [0, 0.1) is 0 Å². The number of aliphatic carboxylic acids is 1. The van der Waals surface area contributed by atoms with Crippen molar-refractivity contribution >= 4 is 11.5 Å². The molecule has 0 atom stereocenters. The third kappa shape index (κ3) is 4.45. The number of hydrogen-bond donors (Lipinski definition) is 1. The Labute approximate surface area is 107 Å². The lowest BCUT2D eigenvalue weighted by molar-refractivity contribution is -0.131. The number of carbonyl (C=O) groups is 1. The summed E-state index contributed by atoms with van der Waals surface area (Å²) in [6.45, 7) is 2.10. The summed E-state index contributed by atoms with van der Waals surface area (Å²) in [4.78, 5) is 10.4. The van der Waals surface area contributed by atoms with Gasteiger partial charge in [0.1, 0.15) is 5.75 Å². The molecule has 1 aromatic rings. The molecule has 3 heteroatoms. The van der Waals surface area contributed by atoms with E-state index < -0.39 is 5.97 Å². The fraction of sp³-hybridized carbons (Fsp3) is 0.267. The molecule has 0 amide bonds. The van der Waals surface area contributed by atoms with Crippen molar-refractivity contribution in [2.75, 3.05) is 7.11 Å². The molecule has 1 N–H and O–H groups in total. The summed E-state index contributed by atoms with van der Waals surface area (Å²) < 4.78 is 5.11. The van der Waals surface area contributed by atoms with Crippen molar-refractivity contribution in [1.82, 2.24) is 0 Å². The van der Waals surface area contributed by atoms with Crippen molar-refractivity contribution < 1.29 is 14.6 Å². The van der Waals surface area contributed by atoms with Gasteiger partial charge in [0.2, 0.25) is 0 Å². The Balaban J connectivity index is 2.92. The summed E-state index contributed by atoms with van der Waals surface area (Å²) in [6, 6.07) is 7.77. The zero-order valence-corrected chi connectivity index (χ0v) is 10.7. The maximum Gasteiger partial charge on any atom is 0.328 e. The van der Waals surface area contributed by atoms with Crippen LogP contribution in [0.4, 0.5) is 0 Å². The van der Waals surface area contributed by atoms with Crippen molar-refractivity contribution in [3.05, 3.63) is 48.1 Å². The summed E-state index contributed by atoms with van der Waals surface area (Å²) in [6.07, 6.45) is 6.48. The molecule has 0 aromatic heterocycles. The molecule has 0 fully saturated rings. The molecule has 0 aliphatic rings. The Morgan fingerprint density at radius 3 is 2.50 bits per heavy atom. The Bertz CT molecular complexity index is 441. The molecule has 96 valence electrons. The lowest BCUT2D eigenvalue weighted by atomic mass is 10.0. The molecule has 0 aliphatic carbocycles. The number of carboxylic acid groups (broad SMARTS) is 1. The maximum absolute atomic E-state index is 10.4. The molecule has 1 rings (SSSR count). The smallest absolute Gasteiger partial charge is 0.328 e. The minimum atomic E-state index is -0.933. The Morgan fingerprint density at radius 1 is 1.33 bits per heavy atom. The van der Waals surface area contributed by atoms with Crippen LogP contribution in [0.15, 0.2) is 42.5 Å². The van der Waals surface area contributed by atoms with Crippen LogP contribution in [0.2, 0.25) is 0 Å². The molecule has 0 bridgehead atoms. The lowest BCUT2D eigenvalue weighted by Crippen LogP contribution is -1.88. The zero-order valence-electron chi connectivity index (χ0n) is 10.7. The third-order valence-corrected chi connectivity index (χ3v) is 2.52. The predicted octanol–water partition coefficient (Wildman–Crippen LogP) is 3.52. The first-order valence-corrected chi connectivity index (χ1v) is 5.92. The van der Waals surface area contributed by atoms with E-state index in [1.54, 1.807) is 13.2 Å². The largest absolute Gasteiger partial charge is 0.497 e. The molecule has 0 spiro atoms. The fourth-order valence-corrected chi connectivity index (χ4v) is 1.64. The van der Waals surface area contributed by atoms with Gasteiger partial charge in [-0.3, -0.25) is 0 Å². The highest BCUT2D eigenvalue weighted by molar-refractivity contribution is 5.81. The van der Waals surface area contributed by atoms with Gasteiger partial charge in [0.25, 0.3) is 0 Å². The van der Waals surface area contributed by atoms with Crippen molar-refractivity contribution in [3.63, 3.8) is 0 Å². The van der Waals surface area contributed by atoms with Crippen molar-refractivity contribution in [3.8, 4) is 5.75 Å². The SMILES string of the molecule is CCC/C(=C\C=C\C(=O)O)c1ccc(OC)cc1. The van der Waals surface area contributed by atoms with Gasteiger partial charge in [-0.2, -0.15) is 0 Å². The minimum Gasteiger partial charge on any atom is -0.497 e. The molecular formula is C15H18O3. The monoisotopic (exact) mass is 246 g/mol. The van der Waals surface area contributed by atoms with E-state index in [1.165, 1.54) is 0 Å². The van der Waals surface area contributed by atoms with E-state index in [4.69, 9.17) is 9.84 Å². The van der Waals surface area contributed by atoms with E-state index >= 15 is 0 Å². The summed E-state index contributed by atoms with van der Waals surface area (Å²) in [5.41, 5.74) is 2.21. The topological polar surface area (TPSA) is 46.5 Å². The third-order valence-electron chi connectivity index (χ3n) is 2.52. The second-order valence-corrected chi connectivity index (χ2v) is 3.87. The highest BCUT2D eigenvalue weighted by Crippen LogP contribution is 2.22. The Kier molecular flexibility index (Phi) is 5.71. The highest BCUT2D eigenvalue weighted by Gasteiger charge is 2.00. The van der Waals surface area contributed by atoms with E-state index in [9.17, 15) is 4.79 Å². The molecule has 3 nitrogen and oxygen atoms in total. The second kappa shape index (κ2) is 7.33. The van der Waals surface area contributed by atoms with Crippen LogP contribution >= 0.6 is 0 Å². The maximum atomic E-state index is 10.4. The first-order valence-electron chi connectivity index (χ1n) is 5.92. The van der Waals surface area contributed by atoms with E-state index in [2.05, 4.69) is 6.92 Å². The lowest BCUT2D eigenvalue weighted by Gasteiger charge is -2.07. The van der Waals surface area contributed by atoms with Crippen LogP contribution in [0.1, 0.15) is 25.3 Å². The number of benzene rings is 1. The van der Waals surface area contributed by atoms with E-state index in [0.29, 0.717) is 0 Å². The molecule has 0 saturated heterocycles. The minimum absolute atomic E-state index is 0.815. The summed E-state index contributed by atoms with van der Waals surface area (Å²) in [5.74, 6) is -0.118. The van der Waals surface area contributed by atoms with Gasteiger partial charge < -0.3 is 9.84 Å². The Hall–Kier alpha value is -2.03. The average molecular weight is 246 g/mol. The van der Waals surface area contributed by atoms with Crippen molar-refractivity contribution in [2.24, 2.45) is 0 Å². The number of hydrogen-bond acceptors (Lipinski definition) is 2. The van der Waals surface area contributed by atoms with Gasteiger partial charge in [-0.05, 0) is 29.7 Å². The summed E-state index contributed by atoms with van der Waals surface area (Å²) in [7, 11) is 1.63. The van der Waals surface area contributed by atoms with Gasteiger partial charge >= 0.3 is 5.97 Å². The van der Waals surface area contributed by atoms with Gasteiger partial charge in [0, 0.05) is 6.08 Å². The molecule has 18 heavy (non-hydrogen) atoms. The van der Waals surface area contributed by atoms with Gasteiger partial charge in [-0.1, -0.05) is 37.6 Å². The van der Waals surface area contributed by atoms with Crippen molar-refractivity contribution in [1.29, 1.82) is 0 Å². The highest BCUT2D eigenvalue weighted by atomic mass is 16.5. The summed E-state index contributed by atoms with van der Waals surface area (Å²) in [5, 5.41) is 8.56. The number of methoxy groups -OCH3 is 1. The van der Waals surface area contributed by atoms with E-state index in [-0.39, 0.29) is 0 Å². The van der Waals surface area contributed by atoms with Crippen LogP contribution < -0.4 is 4.74 Å². The average Bonchev–Trinajstić information content (AvgIpc) is 2.37. The van der Waals surface area contributed by atoms with Gasteiger partial charge in [0.05, 0.1) is 7.11 Å². The molecule has 1 aromatic carbocycles. The zero-order chi connectivity index (χ0) is 13.4. The van der Waals surface area contributed by atoms with Gasteiger partial charge in [-0.15, -0.1) is 0 Å².